The van der Waals surface area contributed by atoms with E-state index in [9.17, 15) is 14.0 Å². The SMILES string of the molecule is C#CC1CCN(C(=O)[C@H]2CC(=O)N(C)[C@@H]2c2ccc(F)cc2)CC1. The van der Waals surface area contributed by atoms with Crippen molar-refractivity contribution in [3.63, 3.8) is 0 Å². The van der Waals surface area contributed by atoms with E-state index in [0.29, 0.717) is 13.1 Å². The second-order valence-electron chi connectivity index (χ2n) is 6.58. The normalized spacial score (nSPS) is 25.0. The van der Waals surface area contributed by atoms with Gasteiger partial charge in [-0.05, 0) is 30.5 Å². The van der Waals surface area contributed by atoms with Gasteiger partial charge >= 0.3 is 0 Å². The first kappa shape index (κ1) is 16.5. The molecule has 1 aromatic rings. The predicted octanol–water partition coefficient (Wildman–Crippen LogP) is 2.22. The molecule has 3 rings (SSSR count). The van der Waals surface area contributed by atoms with E-state index >= 15 is 0 Å². The third-order valence-electron chi connectivity index (χ3n) is 5.16. The molecule has 2 aliphatic heterocycles. The molecule has 0 unspecified atom stereocenters. The van der Waals surface area contributed by atoms with Crippen molar-refractivity contribution in [2.24, 2.45) is 11.8 Å². The standard InChI is InChI=1S/C19H21FN2O2/c1-3-13-8-10-22(11-9-13)19(24)16-12-17(23)21(2)18(16)14-4-6-15(20)7-5-14/h1,4-7,13,16,18H,8-12H2,2H3/t16-,18+/m0/s1. The van der Waals surface area contributed by atoms with Crippen LogP contribution in [-0.4, -0.2) is 41.8 Å². The van der Waals surface area contributed by atoms with E-state index in [-0.39, 0.29) is 36.0 Å². The molecule has 2 aliphatic rings. The molecular formula is C19H21FN2O2. The van der Waals surface area contributed by atoms with Crippen LogP contribution in [0.4, 0.5) is 4.39 Å². The molecule has 1 aromatic carbocycles. The fraction of sp³-hybridized carbons (Fsp3) is 0.474. The Bertz CT molecular complexity index is 672. The summed E-state index contributed by atoms with van der Waals surface area (Å²) in [4.78, 5) is 28.6. The van der Waals surface area contributed by atoms with Crippen molar-refractivity contribution in [3.8, 4) is 12.3 Å². The summed E-state index contributed by atoms with van der Waals surface area (Å²) in [5.74, 6) is 2.18. The molecule has 0 bridgehead atoms. The summed E-state index contributed by atoms with van der Waals surface area (Å²) in [7, 11) is 1.70. The van der Waals surface area contributed by atoms with Gasteiger partial charge in [0.2, 0.25) is 11.8 Å². The first-order valence-corrected chi connectivity index (χ1v) is 8.27. The number of terminal acetylenes is 1. The van der Waals surface area contributed by atoms with Crippen LogP contribution in [-0.2, 0) is 9.59 Å². The van der Waals surface area contributed by atoms with E-state index < -0.39 is 5.92 Å². The monoisotopic (exact) mass is 328 g/mol. The maximum Gasteiger partial charge on any atom is 0.228 e. The second-order valence-corrected chi connectivity index (χ2v) is 6.58. The summed E-state index contributed by atoms with van der Waals surface area (Å²) in [6, 6.07) is 5.70. The van der Waals surface area contributed by atoms with Crippen LogP contribution >= 0.6 is 0 Å². The lowest BCUT2D eigenvalue weighted by molar-refractivity contribution is -0.137. The number of likely N-dealkylation sites (tertiary alicyclic amines) is 2. The van der Waals surface area contributed by atoms with E-state index in [2.05, 4.69) is 5.92 Å². The van der Waals surface area contributed by atoms with Gasteiger partial charge in [0.05, 0.1) is 12.0 Å². The molecule has 2 saturated heterocycles. The lowest BCUT2D eigenvalue weighted by atomic mass is 9.90. The van der Waals surface area contributed by atoms with Crippen LogP contribution in [0.2, 0.25) is 0 Å². The first-order valence-electron chi connectivity index (χ1n) is 8.27. The average Bonchev–Trinajstić information content (AvgIpc) is 2.90. The topological polar surface area (TPSA) is 40.6 Å². The van der Waals surface area contributed by atoms with Crippen molar-refractivity contribution in [1.29, 1.82) is 0 Å². The number of benzene rings is 1. The van der Waals surface area contributed by atoms with Gasteiger partial charge in [0, 0.05) is 32.5 Å². The molecule has 2 atom stereocenters. The van der Waals surface area contributed by atoms with Crippen LogP contribution in [0.25, 0.3) is 0 Å². The number of halogens is 1. The maximum atomic E-state index is 13.2. The van der Waals surface area contributed by atoms with Gasteiger partial charge in [-0.25, -0.2) is 4.39 Å². The Labute approximate surface area is 141 Å². The highest BCUT2D eigenvalue weighted by Gasteiger charge is 2.44. The van der Waals surface area contributed by atoms with Crippen molar-refractivity contribution < 1.29 is 14.0 Å². The quantitative estimate of drug-likeness (QED) is 0.781. The maximum absolute atomic E-state index is 13.2. The zero-order chi connectivity index (χ0) is 17.3. The van der Waals surface area contributed by atoms with Crippen LogP contribution in [0.5, 0.6) is 0 Å². The molecule has 2 heterocycles. The Kier molecular flexibility index (Phi) is 4.57. The summed E-state index contributed by atoms with van der Waals surface area (Å²) < 4.78 is 13.2. The predicted molar refractivity (Wildman–Crippen MR) is 88.2 cm³/mol. The Hall–Kier alpha value is -2.35. The van der Waals surface area contributed by atoms with E-state index in [4.69, 9.17) is 6.42 Å². The molecule has 0 N–H and O–H groups in total. The molecule has 126 valence electrons. The highest BCUT2D eigenvalue weighted by Crippen LogP contribution is 2.38. The van der Waals surface area contributed by atoms with Gasteiger partial charge < -0.3 is 9.80 Å². The van der Waals surface area contributed by atoms with E-state index in [1.165, 1.54) is 12.1 Å². The van der Waals surface area contributed by atoms with E-state index in [1.807, 2.05) is 4.90 Å². The number of carbonyl (C=O) groups excluding carboxylic acids is 2. The van der Waals surface area contributed by atoms with Crippen molar-refractivity contribution in [2.45, 2.75) is 25.3 Å². The van der Waals surface area contributed by atoms with Gasteiger partial charge in [-0.3, -0.25) is 9.59 Å². The van der Waals surface area contributed by atoms with Crippen molar-refractivity contribution in [3.05, 3.63) is 35.6 Å². The molecule has 5 heteroatoms. The molecule has 2 fully saturated rings. The molecule has 0 saturated carbocycles. The Morgan fingerprint density at radius 2 is 1.88 bits per heavy atom. The number of hydrogen-bond donors (Lipinski definition) is 0. The van der Waals surface area contributed by atoms with Gasteiger partial charge in [-0.1, -0.05) is 12.1 Å². The Morgan fingerprint density at radius 3 is 2.46 bits per heavy atom. The van der Waals surface area contributed by atoms with E-state index in [0.717, 1.165) is 18.4 Å². The minimum Gasteiger partial charge on any atom is -0.342 e. The van der Waals surface area contributed by atoms with Crippen LogP contribution in [0.1, 0.15) is 30.9 Å². The molecule has 0 aromatic heterocycles. The highest BCUT2D eigenvalue weighted by molar-refractivity contribution is 5.90. The number of carbonyl (C=O) groups is 2. The van der Waals surface area contributed by atoms with Crippen LogP contribution in [0, 0.1) is 30.0 Å². The minimum atomic E-state index is -0.421. The van der Waals surface area contributed by atoms with Gasteiger partial charge in [-0.15, -0.1) is 12.3 Å². The zero-order valence-corrected chi connectivity index (χ0v) is 13.7. The van der Waals surface area contributed by atoms with Gasteiger partial charge in [0.15, 0.2) is 0 Å². The summed E-state index contributed by atoms with van der Waals surface area (Å²) in [6.45, 7) is 1.27. The molecule has 0 radical (unpaired) electrons. The summed E-state index contributed by atoms with van der Waals surface area (Å²) in [5, 5.41) is 0. The highest BCUT2D eigenvalue weighted by atomic mass is 19.1. The molecule has 2 amide bonds. The summed E-state index contributed by atoms with van der Waals surface area (Å²) in [5.41, 5.74) is 0.793. The summed E-state index contributed by atoms with van der Waals surface area (Å²) >= 11 is 0. The fourth-order valence-corrected chi connectivity index (χ4v) is 3.71. The fourth-order valence-electron chi connectivity index (χ4n) is 3.71. The zero-order valence-electron chi connectivity index (χ0n) is 13.7. The van der Waals surface area contributed by atoms with Crippen molar-refractivity contribution >= 4 is 11.8 Å². The Morgan fingerprint density at radius 1 is 1.25 bits per heavy atom. The molecular weight excluding hydrogens is 307 g/mol. The molecule has 4 nitrogen and oxygen atoms in total. The number of rotatable bonds is 2. The second kappa shape index (κ2) is 6.64. The summed E-state index contributed by atoms with van der Waals surface area (Å²) in [6.07, 6.45) is 7.27. The average molecular weight is 328 g/mol. The van der Waals surface area contributed by atoms with E-state index in [1.54, 1.807) is 24.1 Å². The van der Waals surface area contributed by atoms with Crippen molar-refractivity contribution in [2.75, 3.05) is 20.1 Å². The van der Waals surface area contributed by atoms with Gasteiger partial charge in [0.1, 0.15) is 5.82 Å². The number of amides is 2. The first-order chi connectivity index (χ1) is 11.5. The largest absolute Gasteiger partial charge is 0.342 e. The number of nitrogens with zero attached hydrogens (tertiary/aromatic N) is 2. The molecule has 0 aliphatic carbocycles. The molecule has 24 heavy (non-hydrogen) atoms. The number of hydrogen-bond acceptors (Lipinski definition) is 2. The third-order valence-corrected chi connectivity index (χ3v) is 5.16. The third kappa shape index (κ3) is 3.01. The lowest BCUT2D eigenvalue weighted by Gasteiger charge is -2.33. The number of piperidine rings is 1. The van der Waals surface area contributed by atoms with Crippen LogP contribution in [0.3, 0.4) is 0 Å². The lowest BCUT2D eigenvalue weighted by Crippen LogP contribution is -2.43. The van der Waals surface area contributed by atoms with Gasteiger partial charge in [-0.2, -0.15) is 0 Å². The van der Waals surface area contributed by atoms with Crippen molar-refractivity contribution in [1.82, 2.24) is 9.80 Å². The molecule has 0 spiro atoms. The van der Waals surface area contributed by atoms with Crippen LogP contribution in [0.15, 0.2) is 24.3 Å². The Balaban J connectivity index is 1.80. The van der Waals surface area contributed by atoms with Crippen LogP contribution < -0.4 is 0 Å². The van der Waals surface area contributed by atoms with Gasteiger partial charge in [0.25, 0.3) is 0 Å². The minimum absolute atomic E-state index is 0.00232. The smallest absolute Gasteiger partial charge is 0.228 e.